The Morgan fingerprint density at radius 3 is 2.63 bits per heavy atom. The molecule has 0 bridgehead atoms. The molecule has 0 saturated carbocycles. The minimum Gasteiger partial charge on any atom is -0.497 e. The molecule has 1 aliphatic rings. The maximum absolute atomic E-state index is 12.9. The second-order valence-corrected chi connectivity index (χ2v) is 8.89. The van der Waals surface area contributed by atoms with Gasteiger partial charge in [-0.15, -0.1) is 11.3 Å². The van der Waals surface area contributed by atoms with Crippen LogP contribution in [0.25, 0.3) is 22.2 Å². The first-order chi connectivity index (χ1) is 17.0. The first kappa shape index (κ1) is 22.6. The highest BCUT2D eigenvalue weighted by molar-refractivity contribution is 7.13. The van der Waals surface area contributed by atoms with Gasteiger partial charge in [-0.1, -0.05) is 23.4 Å². The Bertz CT molecular complexity index is 1350. The fourth-order valence-electron chi connectivity index (χ4n) is 3.91. The van der Waals surface area contributed by atoms with Crippen LogP contribution >= 0.6 is 11.3 Å². The molecule has 9 nitrogen and oxygen atoms in total. The van der Waals surface area contributed by atoms with Gasteiger partial charge in [-0.05, 0) is 23.6 Å². The molecular weight excluding hydrogens is 468 g/mol. The molecule has 5 rings (SSSR count). The fourth-order valence-corrected chi connectivity index (χ4v) is 4.56. The van der Waals surface area contributed by atoms with Crippen LogP contribution in [0, 0.1) is 5.92 Å². The molecule has 0 aliphatic carbocycles. The van der Waals surface area contributed by atoms with Gasteiger partial charge in [0.05, 0.1) is 25.0 Å². The Morgan fingerprint density at radius 1 is 1.11 bits per heavy atom. The summed E-state index contributed by atoms with van der Waals surface area (Å²) in [6.45, 7) is 0.266. The Morgan fingerprint density at radius 2 is 1.91 bits per heavy atom. The smallest absolute Gasteiger partial charge is 0.268 e. The number of rotatable bonds is 7. The minimum absolute atomic E-state index is 0.113. The predicted molar refractivity (Wildman–Crippen MR) is 132 cm³/mol. The molecule has 2 aromatic carbocycles. The van der Waals surface area contributed by atoms with Crippen LogP contribution in [-0.4, -0.2) is 42.7 Å². The van der Waals surface area contributed by atoms with Gasteiger partial charge in [-0.3, -0.25) is 9.59 Å². The van der Waals surface area contributed by atoms with E-state index < -0.39 is 5.92 Å². The molecule has 10 heteroatoms. The minimum atomic E-state index is -0.501. The number of carbonyl (C=O) groups is 2. The van der Waals surface area contributed by atoms with E-state index in [9.17, 15) is 9.59 Å². The monoisotopic (exact) mass is 490 g/mol. The Labute approximate surface area is 205 Å². The molecular formula is C25H22N4O5S. The van der Waals surface area contributed by atoms with Crippen molar-refractivity contribution in [1.29, 1.82) is 0 Å². The van der Waals surface area contributed by atoms with E-state index in [2.05, 4.69) is 15.5 Å². The summed E-state index contributed by atoms with van der Waals surface area (Å²) in [5.74, 6) is 1.13. The molecule has 2 aromatic heterocycles. The summed E-state index contributed by atoms with van der Waals surface area (Å²) in [6, 6.07) is 16.3. The lowest BCUT2D eigenvalue weighted by Gasteiger charge is -2.17. The van der Waals surface area contributed by atoms with Crippen LogP contribution in [0.2, 0.25) is 0 Å². The van der Waals surface area contributed by atoms with Crippen molar-refractivity contribution >= 4 is 34.5 Å². The van der Waals surface area contributed by atoms with E-state index in [4.69, 9.17) is 14.0 Å². The van der Waals surface area contributed by atoms with E-state index in [1.54, 1.807) is 37.3 Å². The molecule has 3 heterocycles. The standard InChI is InChI=1S/C25H22N4O5S/c1-32-19-11-17(12-20(13-19)33-2)26-24(31)16-10-22(30)29(14-16)18-6-3-5-15(9-18)23-27-25(34-28-23)21-7-4-8-35-21/h3-9,11-13,16H,10,14H2,1-2H3,(H,26,31). The Balaban J connectivity index is 1.31. The summed E-state index contributed by atoms with van der Waals surface area (Å²) in [6.07, 6.45) is 0.113. The zero-order chi connectivity index (χ0) is 24.4. The largest absolute Gasteiger partial charge is 0.497 e. The van der Waals surface area contributed by atoms with Gasteiger partial charge in [0.25, 0.3) is 5.89 Å². The zero-order valence-corrected chi connectivity index (χ0v) is 19.9. The number of thiophene rings is 1. The third kappa shape index (κ3) is 4.73. The lowest BCUT2D eigenvalue weighted by Crippen LogP contribution is -2.28. The average Bonchev–Trinajstić information content (AvgIpc) is 3.64. The molecule has 1 saturated heterocycles. The number of ether oxygens (including phenoxy) is 2. The Hall–Kier alpha value is -4.18. The number of nitrogens with one attached hydrogen (secondary N) is 1. The summed E-state index contributed by atoms with van der Waals surface area (Å²) >= 11 is 1.51. The predicted octanol–water partition coefficient (Wildman–Crippen LogP) is 4.47. The van der Waals surface area contributed by atoms with Gasteiger partial charge in [-0.2, -0.15) is 4.98 Å². The summed E-state index contributed by atoms with van der Waals surface area (Å²) in [5.41, 5.74) is 1.93. The number of carbonyl (C=O) groups excluding carboxylic acids is 2. The van der Waals surface area contributed by atoms with Crippen LogP contribution in [0.1, 0.15) is 6.42 Å². The van der Waals surface area contributed by atoms with E-state index in [-0.39, 0.29) is 24.8 Å². The van der Waals surface area contributed by atoms with Crippen molar-refractivity contribution in [2.75, 3.05) is 31.0 Å². The van der Waals surface area contributed by atoms with Gasteiger partial charge in [-0.25, -0.2) is 0 Å². The van der Waals surface area contributed by atoms with Crippen molar-refractivity contribution in [3.8, 4) is 33.7 Å². The highest BCUT2D eigenvalue weighted by Gasteiger charge is 2.35. The lowest BCUT2D eigenvalue weighted by atomic mass is 10.1. The average molecular weight is 491 g/mol. The third-order valence-electron chi connectivity index (χ3n) is 5.69. The number of anilines is 2. The van der Waals surface area contributed by atoms with E-state index in [0.29, 0.717) is 34.6 Å². The molecule has 1 fully saturated rings. The van der Waals surface area contributed by atoms with Gasteiger partial charge >= 0.3 is 0 Å². The molecule has 35 heavy (non-hydrogen) atoms. The molecule has 1 aliphatic heterocycles. The molecule has 1 unspecified atom stereocenters. The molecule has 178 valence electrons. The van der Waals surface area contributed by atoms with Crippen molar-refractivity contribution in [3.63, 3.8) is 0 Å². The molecule has 4 aromatic rings. The maximum atomic E-state index is 12.9. The maximum Gasteiger partial charge on any atom is 0.268 e. The first-order valence-corrected chi connectivity index (χ1v) is 11.7. The Kier molecular flexibility index (Phi) is 6.19. The van der Waals surface area contributed by atoms with Crippen molar-refractivity contribution in [1.82, 2.24) is 10.1 Å². The van der Waals surface area contributed by atoms with Crippen LogP contribution in [0.5, 0.6) is 11.5 Å². The number of hydrogen-bond acceptors (Lipinski definition) is 8. The molecule has 1 atom stereocenters. The van der Waals surface area contributed by atoms with Gasteiger partial charge in [0, 0.05) is 48.1 Å². The van der Waals surface area contributed by atoms with Crippen LogP contribution in [0.15, 0.2) is 64.5 Å². The fraction of sp³-hybridized carbons (Fsp3) is 0.200. The lowest BCUT2D eigenvalue weighted by molar-refractivity contribution is -0.122. The SMILES string of the molecule is COc1cc(NC(=O)C2CC(=O)N(c3cccc(-c4noc(-c5cccs5)n4)c3)C2)cc(OC)c1. The van der Waals surface area contributed by atoms with Crippen LogP contribution < -0.4 is 19.7 Å². The van der Waals surface area contributed by atoms with Crippen molar-refractivity contribution in [2.45, 2.75) is 6.42 Å². The summed E-state index contributed by atoms with van der Waals surface area (Å²) in [4.78, 5) is 32.7. The number of hydrogen-bond donors (Lipinski definition) is 1. The molecule has 0 radical (unpaired) electrons. The van der Waals surface area contributed by atoms with Crippen LogP contribution in [-0.2, 0) is 9.59 Å². The van der Waals surface area contributed by atoms with E-state index in [1.807, 2.05) is 41.8 Å². The number of methoxy groups -OCH3 is 2. The topological polar surface area (TPSA) is 107 Å². The number of aromatic nitrogens is 2. The van der Waals surface area contributed by atoms with Crippen LogP contribution in [0.3, 0.4) is 0 Å². The van der Waals surface area contributed by atoms with Crippen molar-refractivity contribution in [3.05, 3.63) is 60.0 Å². The normalized spacial score (nSPS) is 15.3. The molecule has 2 amide bonds. The summed E-state index contributed by atoms with van der Waals surface area (Å²) < 4.78 is 15.9. The van der Waals surface area contributed by atoms with Crippen LogP contribution in [0.4, 0.5) is 11.4 Å². The zero-order valence-electron chi connectivity index (χ0n) is 19.1. The quantitative estimate of drug-likeness (QED) is 0.407. The number of benzene rings is 2. The van der Waals surface area contributed by atoms with Crippen molar-refractivity contribution in [2.24, 2.45) is 5.92 Å². The van der Waals surface area contributed by atoms with E-state index in [1.165, 1.54) is 11.3 Å². The molecule has 0 spiro atoms. The van der Waals surface area contributed by atoms with Gasteiger partial charge in [0.15, 0.2) is 0 Å². The highest BCUT2D eigenvalue weighted by Crippen LogP contribution is 2.31. The number of amides is 2. The summed E-state index contributed by atoms with van der Waals surface area (Å²) in [7, 11) is 3.08. The van der Waals surface area contributed by atoms with E-state index >= 15 is 0 Å². The van der Waals surface area contributed by atoms with Gasteiger partial charge < -0.3 is 24.2 Å². The number of nitrogens with zero attached hydrogens (tertiary/aromatic N) is 3. The first-order valence-electron chi connectivity index (χ1n) is 10.9. The molecule has 1 N–H and O–H groups in total. The van der Waals surface area contributed by atoms with E-state index in [0.717, 1.165) is 10.4 Å². The second-order valence-electron chi connectivity index (χ2n) is 7.95. The summed E-state index contributed by atoms with van der Waals surface area (Å²) in [5, 5.41) is 8.89. The second kappa shape index (κ2) is 9.59. The highest BCUT2D eigenvalue weighted by atomic mass is 32.1. The van der Waals surface area contributed by atoms with Crippen molar-refractivity contribution < 1.29 is 23.6 Å². The van der Waals surface area contributed by atoms with Gasteiger partial charge in [0.1, 0.15) is 11.5 Å². The third-order valence-corrected chi connectivity index (χ3v) is 6.55. The van der Waals surface area contributed by atoms with Gasteiger partial charge in [0.2, 0.25) is 17.6 Å².